The maximum atomic E-state index is 15.0. The van der Waals surface area contributed by atoms with Gasteiger partial charge in [-0.3, -0.25) is 14.3 Å². The Balaban J connectivity index is 1.51. The Bertz CT molecular complexity index is 1600. The summed E-state index contributed by atoms with van der Waals surface area (Å²) in [5.74, 6) is -0.875. The highest BCUT2D eigenvalue weighted by atomic mass is 79.9. The van der Waals surface area contributed by atoms with Gasteiger partial charge in [0, 0.05) is 46.5 Å². The first-order valence-corrected chi connectivity index (χ1v) is 12.3. The molecule has 3 heterocycles. The van der Waals surface area contributed by atoms with Gasteiger partial charge >= 0.3 is 0 Å². The van der Waals surface area contributed by atoms with Crippen molar-refractivity contribution in [2.24, 2.45) is 0 Å². The predicted octanol–water partition coefficient (Wildman–Crippen LogP) is 6.95. The zero-order valence-electron chi connectivity index (χ0n) is 20.4. The second-order valence-corrected chi connectivity index (χ2v) is 10.7. The van der Waals surface area contributed by atoms with Crippen LogP contribution in [0.25, 0.3) is 22.6 Å². The molecule has 0 aliphatic carbocycles. The standard InChI is InChI=1S/C28H25BrFN5O/c1-17-10-22(30)24(32-27(36)19-11-20(28(2,3)4)13-21(29)12-19)14-25(17)34-8-9-35-26(34)15-23(33-35)18-6-5-7-31-16-18/h5-16H,1-4H3,(H,32,36). The van der Waals surface area contributed by atoms with Gasteiger partial charge in [-0.25, -0.2) is 8.91 Å². The Labute approximate surface area is 216 Å². The zero-order chi connectivity index (χ0) is 25.6. The van der Waals surface area contributed by atoms with Crippen molar-refractivity contribution in [1.82, 2.24) is 19.2 Å². The fourth-order valence-electron chi connectivity index (χ4n) is 4.10. The number of aromatic nitrogens is 4. The van der Waals surface area contributed by atoms with Crippen LogP contribution in [0.1, 0.15) is 42.3 Å². The number of pyridine rings is 1. The number of benzene rings is 2. The van der Waals surface area contributed by atoms with Crippen LogP contribution >= 0.6 is 15.9 Å². The molecule has 36 heavy (non-hydrogen) atoms. The number of rotatable bonds is 4. The fraction of sp³-hybridized carbons (Fsp3) is 0.179. The zero-order valence-corrected chi connectivity index (χ0v) is 22.0. The van der Waals surface area contributed by atoms with Gasteiger partial charge in [0.2, 0.25) is 0 Å². The van der Waals surface area contributed by atoms with E-state index in [9.17, 15) is 9.18 Å². The number of hydrogen-bond donors (Lipinski definition) is 1. The summed E-state index contributed by atoms with van der Waals surface area (Å²) in [5, 5.41) is 7.39. The van der Waals surface area contributed by atoms with Gasteiger partial charge in [-0.15, -0.1) is 0 Å². The molecule has 0 saturated heterocycles. The van der Waals surface area contributed by atoms with Crippen molar-refractivity contribution in [2.45, 2.75) is 33.1 Å². The maximum Gasteiger partial charge on any atom is 0.255 e. The number of nitrogens with one attached hydrogen (secondary N) is 1. The molecular formula is C28H25BrFN5O. The van der Waals surface area contributed by atoms with Gasteiger partial charge in [0.25, 0.3) is 5.91 Å². The van der Waals surface area contributed by atoms with Crippen molar-refractivity contribution in [1.29, 1.82) is 0 Å². The molecule has 6 nitrogen and oxygen atoms in total. The number of carbonyl (C=O) groups is 1. The Kier molecular flexibility index (Phi) is 6.00. The number of carbonyl (C=O) groups excluding carboxylic acids is 1. The summed E-state index contributed by atoms with van der Waals surface area (Å²) < 4.78 is 19.5. The third-order valence-corrected chi connectivity index (χ3v) is 6.55. The Morgan fingerprint density at radius 1 is 1.08 bits per heavy atom. The summed E-state index contributed by atoms with van der Waals surface area (Å²) in [6.07, 6.45) is 7.18. The lowest BCUT2D eigenvalue weighted by atomic mass is 9.86. The van der Waals surface area contributed by atoms with Crippen LogP contribution in [0.5, 0.6) is 0 Å². The van der Waals surface area contributed by atoms with Crippen LogP contribution in [0, 0.1) is 12.7 Å². The van der Waals surface area contributed by atoms with Crippen LogP contribution in [-0.2, 0) is 5.41 Å². The minimum Gasteiger partial charge on any atom is -0.319 e. The Morgan fingerprint density at radius 3 is 2.61 bits per heavy atom. The van der Waals surface area contributed by atoms with E-state index < -0.39 is 5.82 Å². The normalized spacial score (nSPS) is 11.7. The van der Waals surface area contributed by atoms with Crippen LogP contribution in [0.3, 0.4) is 0 Å². The van der Waals surface area contributed by atoms with E-state index in [0.29, 0.717) is 5.56 Å². The van der Waals surface area contributed by atoms with E-state index in [1.54, 1.807) is 29.0 Å². The molecule has 1 amide bonds. The van der Waals surface area contributed by atoms with Gasteiger partial charge in [0.05, 0.1) is 17.1 Å². The van der Waals surface area contributed by atoms with Gasteiger partial charge in [-0.05, 0) is 65.9 Å². The summed E-state index contributed by atoms with van der Waals surface area (Å²) in [4.78, 5) is 17.3. The first-order valence-electron chi connectivity index (χ1n) is 11.5. The minimum atomic E-state index is -0.497. The molecule has 0 bridgehead atoms. The van der Waals surface area contributed by atoms with Crippen molar-refractivity contribution in [3.8, 4) is 16.9 Å². The second kappa shape index (κ2) is 9.02. The lowest BCUT2D eigenvalue weighted by molar-refractivity contribution is 0.102. The molecule has 0 aliphatic rings. The smallest absolute Gasteiger partial charge is 0.255 e. The molecule has 0 aliphatic heterocycles. The lowest BCUT2D eigenvalue weighted by Crippen LogP contribution is -2.17. The molecule has 2 aromatic carbocycles. The molecule has 5 aromatic rings. The molecule has 0 spiro atoms. The van der Waals surface area contributed by atoms with Gasteiger partial charge < -0.3 is 5.32 Å². The highest BCUT2D eigenvalue weighted by Gasteiger charge is 2.19. The Morgan fingerprint density at radius 2 is 1.89 bits per heavy atom. The van der Waals surface area contributed by atoms with Gasteiger partial charge in [0.1, 0.15) is 11.5 Å². The van der Waals surface area contributed by atoms with E-state index in [4.69, 9.17) is 0 Å². The molecule has 1 N–H and O–H groups in total. The molecule has 0 unspecified atom stereocenters. The molecule has 0 saturated carbocycles. The van der Waals surface area contributed by atoms with Crippen LogP contribution in [0.15, 0.2) is 77.8 Å². The molecule has 8 heteroatoms. The molecule has 182 valence electrons. The van der Waals surface area contributed by atoms with E-state index in [-0.39, 0.29) is 17.0 Å². The molecule has 3 aromatic heterocycles. The average Bonchev–Trinajstić information content (AvgIpc) is 3.42. The first kappa shape index (κ1) is 23.9. The maximum absolute atomic E-state index is 15.0. The minimum absolute atomic E-state index is 0.108. The fourth-order valence-corrected chi connectivity index (χ4v) is 4.60. The predicted molar refractivity (Wildman–Crippen MR) is 143 cm³/mol. The van der Waals surface area contributed by atoms with E-state index in [1.807, 2.05) is 54.2 Å². The number of aryl methyl sites for hydroxylation is 1. The number of imidazole rings is 1. The SMILES string of the molecule is Cc1cc(F)c(NC(=O)c2cc(Br)cc(C(C)(C)C)c2)cc1-n1ccn2nc(-c3cccnc3)cc12. The third-order valence-electron chi connectivity index (χ3n) is 6.10. The van der Waals surface area contributed by atoms with Crippen LogP contribution in [-0.4, -0.2) is 25.1 Å². The van der Waals surface area contributed by atoms with Crippen molar-refractivity contribution >= 4 is 33.2 Å². The highest BCUT2D eigenvalue weighted by molar-refractivity contribution is 9.10. The summed E-state index contributed by atoms with van der Waals surface area (Å²) in [7, 11) is 0. The lowest BCUT2D eigenvalue weighted by Gasteiger charge is -2.20. The van der Waals surface area contributed by atoms with Crippen molar-refractivity contribution in [3.05, 3.63) is 100 Å². The number of anilines is 1. The van der Waals surface area contributed by atoms with Crippen molar-refractivity contribution < 1.29 is 9.18 Å². The summed E-state index contributed by atoms with van der Waals surface area (Å²) in [6.45, 7) is 8.08. The van der Waals surface area contributed by atoms with Gasteiger partial charge in [-0.1, -0.05) is 36.7 Å². The monoisotopic (exact) mass is 545 g/mol. The number of fused-ring (bicyclic) bond motifs is 1. The summed E-state index contributed by atoms with van der Waals surface area (Å²) in [5.41, 5.74) is 5.39. The molecule has 0 atom stereocenters. The highest BCUT2D eigenvalue weighted by Crippen LogP contribution is 2.29. The molecular weight excluding hydrogens is 521 g/mol. The number of hydrogen-bond acceptors (Lipinski definition) is 3. The van der Waals surface area contributed by atoms with E-state index in [1.165, 1.54) is 6.07 Å². The van der Waals surface area contributed by atoms with Gasteiger partial charge in [0.15, 0.2) is 0 Å². The molecule has 0 fully saturated rings. The first-order chi connectivity index (χ1) is 17.1. The van der Waals surface area contributed by atoms with E-state index >= 15 is 0 Å². The van der Waals surface area contributed by atoms with Crippen molar-refractivity contribution in [3.63, 3.8) is 0 Å². The number of nitrogens with zero attached hydrogens (tertiary/aromatic N) is 4. The summed E-state index contributed by atoms with van der Waals surface area (Å²) >= 11 is 3.49. The van der Waals surface area contributed by atoms with Crippen LogP contribution in [0.2, 0.25) is 0 Å². The number of amides is 1. The van der Waals surface area contributed by atoms with E-state index in [2.05, 4.69) is 52.1 Å². The quantitative estimate of drug-likeness (QED) is 0.266. The Hall–Kier alpha value is -3.78. The van der Waals surface area contributed by atoms with Crippen LogP contribution < -0.4 is 5.32 Å². The third kappa shape index (κ3) is 4.56. The van der Waals surface area contributed by atoms with Crippen molar-refractivity contribution in [2.75, 3.05) is 5.32 Å². The average molecular weight is 546 g/mol. The summed E-state index contributed by atoms with van der Waals surface area (Å²) in [6, 6.07) is 14.4. The molecule has 0 radical (unpaired) electrons. The van der Waals surface area contributed by atoms with Crippen LogP contribution in [0.4, 0.5) is 10.1 Å². The topological polar surface area (TPSA) is 64.2 Å². The van der Waals surface area contributed by atoms with E-state index in [0.717, 1.165) is 38.2 Å². The largest absolute Gasteiger partial charge is 0.319 e. The molecule has 5 rings (SSSR count). The number of halogens is 2. The van der Waals surface area contributed by atoms with Gasteiger partial charge in [-0.2, -0.15) is 5.10 Å². The second-order valence-electron chi connectivity index (χ2n) is 9.79.